The summed E-state index contributed by atoms with van der Waals surface area (Å²) >= 11 is 3.97. The third-order valence-electron chi connectivity index (χ3n) is 2.46. The molecule has 0 unspecified atom stereocenters. The summed E-state index contributed by atoms with van der Waals surface area (Å²) in [6, 6.07) is 7.71. The normalized spacial score (nSPS) is 10.1. The number of benzene rings is 1. The molecule has 0 aliphatic carbocycles. The fourth-order valence-corrected chi connectivity index (χ4v) is 1.72. The third-order valence-corrected chi connectivity index (χ3v) is 2.75. The van der Waals surface area contributed by atoms with E-state index in [2.05, 4.69) is 31.4 Å². The Balaban J connectivity index is 2.84. The molecule has 1 aromatic carbocycles. The zero-order valence-electron chi connectivity index (χ0n) is 9.23. The Bertz CT molecular complexity index is 317. The van der Waals surface area contributed by atoms with Crippen molar-refractivity contribution in [3.8, 4) is 0 Å². The second-order valence-electron chi connectivity index (χ2n) is 3.30. The molecule has 0 N–H and O–H groups in total. The average molecular weight is 223 g/mol. The number of carbonyl (C=O) groups is 1. The lowest BCUT2D eigenvalue weighted by atomic mass is 10.1. The molecular formula is C12H17NOS. The molecule has 0 bridgehead atoms. The largest absolute Gasteiger partial charge is 0.372 e. The van der Waals surface area contributed by atoms with Crippen molar-refractivity contribution in [3.05, 3.63) is 29.8 Å². The van der Waals surface area contributed by atoms with Crippen molar-refractivity contribution in [1.29, 1.82) is 0 Å². The highest BCUT2D eigenvalue weighted by Crippen LogP contribution is 2.15. The van der Waals surface area contributed by atoms with Gasteiger partial charge in [-0.1, -0.05) is 0 Å². The smallest absolute Gasteiger partial charge is 0.172 e. The Kier molecular flexibility index (Phi) is 4.69. The summed E-state index contributed by atoms with van der Waals surface area (Å²) in [6.45, 7) is 6.21. The Labute approximate surface area is 96.7 Å². The second kappa shape index (κ2) is 5.81. The van der Waals surface area contributed by atoms with Gasteiger partial charge in [-0.15, -0.1) is 0 Å². The molecule has 0 radical (unpaired) electrons. The summed E-state index contributed by atoms with van der Waals surface area (Å²) in [5.41, 5.74) is 1.90. The van der Waals surface area contributed by atoms with Crippen LogP contribution in [0, 0.1) is 0 Å². The van der Waals surface area contributed by atoms with Crippen molar-refractivity contribution in [3.63, 3.8) is 0 Å². The van der Waals surface area contributed by atoms with E-state index in [0.29, 0.717) is 0 Å². The molecule has 15 heavy (non-hydrogen) atoms. The first-order valence-corrected chi connectivity index (χ1v) is 5.85. The van der Waals surface area contributed by atoms with Crippen molar-refractivity contribution in [2.45, 2.75) is 13.8 Å². The number of Topliss-reactive ketones (excluding diaryl/α,β-unsaturated/α-hetero) is 1. The molecule has 0 aliphatic heterocycles. The highest BCUT2D eigenvalue weighted by atomic mass is 32.1. The Hall–Kier alpha value is -0.960. The zero-order valence-corrected chi connectivity index (χ0v) is 10.1. The van der Waals surface area contributed by atoms with Gasteiger partial charge in [-0.3, -0.25) is 4.79 Å². The van der Waals surface area contributed by atoms with Gasteiger partial charge in [0.25, 0.3) is 0 Å². The van der Waals surface area contributed by atoms with Gasteiger partial charge in [-0.2, -0.15) is 12.6 Å². The van der Waals surface area contributed by atoms with Crippen LogP contribution in [0.15, 0.2) is 24.3 Å². The maximum atomic E-state index is 11.3. The minimum absolute atomic E-state index is 0.0735. The molecule has 1 rings (SSSR count). The topological polar surface area (TPSA) is 20.3 Å². The fraction of sp³-hybridized carbons (Fsp3) is 0.417. The number of carbonyl (C=O) groups excluding carboxylic acids is 1. The molecule has 0 heterocycles. The van der Waals surface area contributed by atoms with Gasteiger partial charge in [0.15, 0.2) is 5.78 Å². The van der Waals surface area contributed by atoms with E-state index in [1.54, 1.807) is 0 Å². The lowest BCUT2D eigenvalue weighted by Gasteiger charge is -2.20. The Morgan fingerprint density at radius 1 is 1.20 bits per heavy atom. The van der Waals surface area contributed by atoms with Gasteiger partial charge >= 0.3 is 0 Å². The van der Waals surface area contributed by atoms with Crippen LogP contribution in [0.2, 0.25) is 0 Å². The first-order chi connectivity index (χ1) is 7.22. The van der Waals surface area contributed by atoms with Gasteiger partial charge < -0.3 is 4.90 Å². The molecule has 0 saturated carbocycles. The van der Waals surface area contributed by atoms with Gasteiger partial charge in [0.1, 0.15) is 0 Å². The zero-order chi connectivity index (χ0) is 11.3. The van der Waals surface area contributed by atoms with E-state index in [0.717, 1.165) is 24.3 Å². The highest BCUT2D eigenvalue weighted by molar-refractivity contribution is 7.81. The van der Waals surface area contributed by atoms with Crippen LogP contribution >= 0.6 is 12.6 Å². The lowest BCUT2D eigenvalue weighted by molar-refractivity contribution is 0.102. The molecule has 2 nitrogen and oxygen atoms in total. The van der Waals surface area contributed by atoms with Crippen molar-refractivity contribution in [2.75, 3.05) is 23.7 Å². The van der Waals surface area contributed by atoms with Crippen LogP contribution in [0.3, 0.4) is 0 Å². The predicted octanol–water partition coefficient (Wildman–Crippen LogP) is 2.65. The molecule has 0 atom stereocenters. The van der Waals surface area contributed by atoms with Gasteiger partial charge in [0.2, 0.25) is 0 Å². The molecule has 0 aromatic heterocycles. The summed E-state index contributed by atoms with van der Waals surface area (Å²) in [7, 11) is 0. The second-order valence-corrected chi connectivity index (χ2v) is 3.62. The average Bonchev–Trinajstić information content (AvgIpc) is 2.30. The third kappa shape index (κ3) is 2.99. The van der Waals surface area contributed by atoms with Crippen molar-refractivity contribution < 1.29 is 4.79 Å². The summed E-state index contributed by atoms with van der Waals surface area (Å²) < 4.78 is 0. The van der Waals surface area contributed by atoms with Crippen molar-refractivity contribution >= 4 is 24.1 Å². The van der Waals surface area contributed by atoms with Crippen LogP contribution in [0.25, 0.3) is 0 Å². The quantitative estimate of drug-likeness (QED) is 0.612. The van der Waals surface area contributed by atoms with E-state index in [1.807, 2.05) is 24.3 Å². The summed E-state index contributed by atoms with van der Waals surface area (Å²) in [6.07, 6.45) is 0. The first-order valence-electron chi connectivity index (χ1n) is 5.22. The Morgan fingerprint density at radius 3 is 2.13 bits per heavy atom. The molecule has 82 valence electrons. The van der Waals surface area contributed by atoms with Crippen molar-refractivity contribution in [2.24, 2.45) is 0 Å². The van der Waals surface area contributed by atoms with Crippen LogP contribution < -0.4 is 4.90 Å². The summed E-state index contributed by atoms with van der Waals surface area (Å²) in [5.74, 6) is 0.342. The first kappa shape index (κ1) is 12.1. The van der Waals surface area contributed by atoms with Crippen LogP contribution in [-0.4, -0.2) is 24.6 Å². The predicted molar refractivity (Wildman–Crippen MR) is 68.2 cm³/mol. The SMILES string of the molecule is CCN(CC)c1ccc(C(=O)CS)cc1. The minimum atomic E-state index is 0.0735. The van der Waals surface area contributed by atoms with Crippen LogP contribution in [0.4, 0.5) is 5.69 Å². The van der Waals surface area contributed by atoms with Gasteiger partial charge in [-0.25, -0.2) is 0 Å². The van der Waals surface area contributed by atoms with Gasteiger partial charge in [0.05, 0.1) is 5.75 Å². The van der Waals surface area contributed by atoms with Gasteiger partial charge in [-0.05, 0) is 38.1 Å². The molecule has 0 aliphatic rings. The van der Waals surface area contributed by atoms with Crippen LogP contribution in [-0.2, 0) is 0 Å². The van der Waals surface area contributed by atoms with E-state index in [1.165, 1.54) is 0 Å². The maximum absolute atomic E-state index is 11.3. The molecule has 0 amide bonds. The number of ketones is 1. The summed E-state index contributed by atoms with van der Waals surface area (Å²) in [4.78, 5) is 13.6. The lowest BCUT2D eigenvalue weighted by Crippen LogP contribution is -2.21. The standard InChI is InChI=1S/C12H17NOS/c1-3-13(4-2)11-7-5-10(6-8-11)12(14)9-15/h5-8,15H,3-4,9H2,1-2H3. The number of hydrogen-bond acceptors (Lipinski definition) is 3. The molecule has 0 spiro atoms. The molecule has 0 fully saturated rings. The number of thiol groups is 1. The fourth-order valence-electron chi connectivity index (χ4n) is 1.54. The van der Waals surface area contributed by atoms with E-state index in [4.69, 9.17) is 0 Å². The molecule has 3 heteroatoms. The molecule has 1 aromatic rings. The maximum Gasteiger partial charge on any atom is 0.172 e. The number of nitrogens with zero attached hydrogens (tertiary/aromatic N) is 1. The monoisotopic (exact) mass is 223 g/mol. The van der Waals surface area contributed by atoms with E-state index in [-0.39, 0.29) is 11.5 Å². The summed E-state index contributed by atoms with van der Waals surface area (Å²) in [5, 5.41) is 0. The van der Waals surface area contributed by atoms with Gasteiger partial charge in [0, 0.05) is 24.3 Å². The number of hydrogen-bond donors (Lipinski definition) is 1. The van der Waals surface area contributed by atoms with E-state index >= 15 is 0 Å². The number of anilines is 1. The number of rotatable bonds is 5. The van der Waals surface area contributed by atoms with E-state index < -0.39 is 0 Å². The van der Waals surface area contributed by atoms with E-state index in [9.17, 15) is 4.79 Å². The highest BCUT2D eigenvalue weighted by Gasteiger charge is 2.05. The molecular weight excluding hydrogens is 206 g/mol. The Morgan fingerprint density at radius 2 is 1.73 bits per heavy atom. The molecule has 0 saturated heterocycles. The van der Waals surface area contributed by atoms with Crippen LogP contribution in [0.5, 0.6) is 0 Å². The van der Waals surface area contributed by atoms with Crippen LogP contribution in [0.1, 0.15) is 24.2 Å². The minimum Gasteiger partial charge on any atom is -0.372 e. The van der Waals surface area contributed by atoms with Crippen molar-refractivity contribution in [1.82, 2.24) is 0 Å².